The van der Waals surface area contributed by atoms with E-state index in [4.69, 9.17) is 4.74 Å². The number of hydrogen-bond acceptors (Lipinski definition) is 9. The van der Waals surface area contributed by atoms with Crippen LogP contribution in [0.4, 0.5) is 11.4 Å². The number of benzene rings is 4. The van der Waals surface area contributed by atoms with E-state index in [2.05, 4.69) is 81.1 Å². The lowest BCUT2D eigenvalue weighted by atomic mass is 9.57. The van der Waals surface area contributed by atoms with Gasteiger partial charge in [0, 0.05) is 43.7 Å². The molecule has 4 aromatic carbocycles. The van der Waals surface area contributed by atoms with Crippen molar-refractivity contribution in [2.45, 2.75) is 87.7 Å². The summed E-state index contributed by atoms with van der Waals surface area (Å²) in [5.74, 6) is 0.249. The fourth-order valence-corrected chi connectivity index (χ4v) is 12.0. The van der Waals surface area contributed by atoms with Crippen molar-refractivity contribution >= 4 is 35.0 Å². The number of imide groups is 2. The summed E-state index contributed by atoms with van der Waals surface area (Å²) in [6.07, 6.45) is 8.18. The number of amides is 4. The van der Waals surface area contributed by atoms with Crippen LogP contribution in [0.3, 0.4) is 0 Å². The number of anilines is 2. The van der Waals surface area contributed by atoms with Gasteiger partial charge in [-0.15, -0.1) is 0 Å². The second-order valence-electron chi connectivity index (χ2n) is 18.5. The van der Waals surface area contributed by atoms with E-state index in [1.807, 2.05) is 12.1 Å². The molecule has 1 unspecified atom stereocenters. The number of hydrogen-bond donors (Lipinski definition) is 3. The van der Waals surface area contributed by atoms with Crippen LogP contribution in [0.15, 0.2) is 84.9 Å². The van der Waals surface area contributed by atoms with Crippen LogP contribution in [0, 0.1) is 11.3 Å². The van der Waals surface area contributed by atoms with Crippen LogP contribution in [-0.2, 0) is 16.0 Å². The van der Waals surface area contributed by atoms with Crippen molar-refractivity contribution < 1.29 is 29.0 Å². The number of carbonyl (C=O) groups excluding carboxylic acids is 4. The lowest BCUT2D eigenvalue weighted by molar-refractivity contribution is -0.136. The molecule has 2 aliphatic carbocycles. The largest absolute Gasteiger partial charge is 0.508 e. The molecular weight excluding hydrogens is 755 g/mol. The number of aromatic hydroxyl groups is 1. The van der Waals surface area contributed by atoms with E-state index < -0.39 is 23.8 Å². The molecule has 0 bridgehead atoms. The van der Waals surface area contributed by atoms with Crippen molar-refractivity contribution in [1.29, 1.82) is 0 Å². The molecule has 7 aliphatic rings. The van der Waals surface area contributed by atoms with Gasteiger partial charge >= 0.3 is 0 Å². The summed E-state index contributed by atoms with van der Waals surface area (Å²) in [5, 5.41) is 16.4. The van der Waals surface area contributed by atoms with E-state index >= 15 is 0 Å². The Hall–Kier alpha value is -5.68. The average Bonchev–Trinajstić information content (AvgIpc) is 3.78. The number of ether oxygens (including phenoxy) is 1. The zero-order valence-corrected chi connectivity index (χ0v) is 33.8. The van der Waals surface area contributed by atoms with Crippen molar-refractivity contribution in [3.05, 3.63) is 118 Å². The second kappa shape index (κ2) is 14.5. The first-order valence-corrected chi connectivity index (χ1v) is 21.9. The van der Waals surface area contributed by atoms with Gasteiger partial charge in [0.2, 0.25) is 11.8 Å². The predicted molar refractivity (Wildman–Crippen MR) is 227 cm³/mol. The van der Waals surface area contributed by atoms with Gasteiger partial charge < -0.3 is 25.0 Å². The van der Waals surface area contributed by atoms with Gasteiger partial charge in [-0.1, -0.05) is 48.5 Å². The summed E-state index contributed by atoms with van der Waals surface area (Å²) in [4.78, 5) is 57.1. The Balaban J connectivity index is 0.688. The first kappa shape index (κ1) is 37.3. The van der Waals surface area contributed by atoms with Gasteiger partial charge in [-0.05, 0) is 134 Å². The topological polar surface area (TPSA) is 132 Å². The molecule has 5 heterocycles. The maximum atomic E-state index is 13.5. The molecule has 60 heavy (non-hydrogen) atoms. The Morgan fingerprint density at radius 1 is 0.833 bits per heavy atom. The molecule has 5 aliphatic heterocycles. The Morgan fingerprint density at radius 3 is 2.37 bits per heavy atom. The molecule has 308 valence electrons. The molecule has 11 heteroatoms. The minimum absolute atomic E-state index is 0.0887. The molecule has 1 spiro atoms. The van der Waals surface area contributed by atoms with Crippen LogP contribution in [0.2, 0.25) is 0 Å². The van der Waals surface area contributed by atoms with Gasteiger partial charge in [0.05, 0.1) is 22.9 Å². The smallest absolute Gasteiger partial charge is 0.262 e. The molecule has 0 radical (unpaired) electrons. The number of phenolic OH excluding ortho intramolecular Hbond substituents is 1. The Morgan fingerprint density at radius 2 is 1.60 bits per heavy atom. The number of nitrogens with one attached hydrogen (secondary N) is 2. The third-order valence-electron chi connectivity index (χ3n) is 15.1. The highest BCUT2D eigenvalue weighted by Crippen LogP contribution is 2.53. The molecule has 11 nitrogen and oxygen atoms in total. The third kappa shape index (κ3) is 6.35. The maximum Gasteiger partial charge on any atom is 0.262 e. The minimum atomic E-state index is -0.991. The minimum Gasteiger partial charge on any atom is -0.508 e. The summed E-state index contributed by atoms with van der Waals surface area (Å²) < 4.78 is 6.17. The summed E-state index contributed by atoms with van der Waals surface area (Å²) in [6, 6.07) is 29.1. The molecule has 3 N–H and O–H groups in total. The van der Waals surface area contributed by atoms with E-state index in [0.717, 1.165) is 56.0 Å². The van der Waals surface area contributed by atoms with E-state index in [1.165, 1.54) is 53.6 Å². The van der Waals surface area contributed by atoms with E-state index in [1.54, 1.807) is 12.1 Å². The second-order valence-corrected chi connectivity index (χ2v) is 18.5. The van der Waals surface area contributed by atoms with Crippen LogP contribution in [0.5, 0.6) is 11.5 Å². The molecule has 11 rings (SSSR count). The van der Waals surface area contributed by atoms with Gasteiger partial charge in [0.1, 0.15) is 24.1 Å². The predicted octanol–water partition coefficient (Wildman–Crippen LogP) is 6.28. The van der Waals surface area contributed by atoms with Crippen LogP contribution < -0.4 is 25.2 Å². The van der Waals surface area contributed by atoms with Gasteiger partial charge in [0.15, 0.2) is 0 Å². The lowest BCUT2D eigenvalue weighted by Crippen LogP contribution is -2.54. The number of phenols is 1. The van der Waals surface area contributed by atoms with Crippen molar-refractivity contribution in [2.75, 3.05) is 42.6 Å². The van der Waals surface area contributed by atoms with Gasteiger partial charge in [0.25, 0.3) is 11.8 Å². The summed E-state index contributed by atoms with van der Waals surface area (Å²) in [7, 11) is 0. The average molecular weight is 806 g/mol. The number of carbonyl (C=O) groups is 4. The Bertz CT molecular complexity index is 2380. The molecule has 4 aromatic rings. The van der Waals surface area contributed by atoms with Crippen LogP contribution >= 0.6 is 0 Å². The van der Waals surface area contributed by atoms with Crippen molar-refractivity contribution in [1.82, 2.24) is 15.5 Å². The molecule has 1 saturated carbocycles. The molecule has 4 amide bonds. The fourth-order valence-electron chi connectivity index (χ4n) is 12.0. The van der Waals surface area contributed by atoms with Gasteiger partial charge in [-0.2, -0.15) is 0 Å². The third-order valence-corrected chi connectivity index (χ3v) is 15.1. The lowest BCUT2D eigenvalue weighted by Gasteiger charge is -2.53. The van der Waals surface area contributed by atoms with Crippen LogP contribution in [0.1, 0.15) is 106 Å². The van der Waals surface area contributed by atoms with Crippen LogP contribution in [0.25, 0.3) is 0 Å². The first-order chi connectivity index (χ1) is 29.2. The van der Waals surface area contributed by atoms with Gasteiger partial charge in [-0.3, -0.25) is 29.4 Å². The maximum absolute atomic E-state index is 13.5. The van der Waals surface area contributed by atoms with Crippen molar-refractivity contribution in [2.24, 2.45) is 11.3 Å². The first-order valence-electron chi connectivity index (χ1n) is 21.9. The van der Waals surface area contributed by atoms with E-state index in [9.17, 15) is 24.3 Å². The Kier molecular flexibility index (Phi) is 9.02. The highest BCUT2D eigenvalue weighted by molar-refractivity contribution is 6.24. The highest BCUT2D eigenvalue weighted by Gasteiger charge is 2.48. The number of aryl methyl sites for hydroxylation is 1. The zero-order chi connectivity index (χ0) is 40.7. The fraction of sp³-hybridized carbons (Fsp3) is 0.429. The number of nitrogens with zero attached hydrogens (tertiary/aromatic N) is 3. The normalized spacial score (nSPS) is 26.9. The molecular formula is C49H51N5O6. The SMILES string of the molecule is O=C1CCC(N2C(=O)c3cc4c(cc3C2=O)N2C[C@@H](NCC3CC5(CCN(c6ccc([C@@H]7c8ccc(O)cc8CC[C@@H]7c7ccccc7)cc6)CC5)C3)C[C@H]2CO4)C(=O)N1. The molecule has 4 fully saturated rings. The summed E-state index contributed by atoms with van der Waals surface area (Å²) in [6.45, 7) is 4.48. The van der Waals surface area contributed by atoms with E-state index in [-0.39, 0.29) is 41.8 Å². The number of rotatable bonds is 7. The quantitative estimate of drug-likeness (QED) is 0.185. The van der Waals surface area contributed by atoms with Crippen molar-refractivity contribution in [3.8, 4) is 11.5 Å². The van der Waals surface area contributed by atoms with E-state index in [0.29, 0.717) is 41.4 Å². The van der Waals surface area contributed by atoms with Crippen LogP contribution in [-0.4, -0.2) is 84.5 Å². The zero-order valence-electron chi connectivity index (χ0n) is 33.8. The Labute approximate surface area is 350 Å². The molecule has 3 saturated heterocycles. The molecule has 5 atom stereocenters. The van der Waals surface area contributed by atoms with Gasteiger partial charge in [-0.25, -0.2) is 0 Å². The summed E-state index contributed by atoms with van der Waals surface area (Å²) in [5.41, 5.74) is 8.41. The molecule has 0 aromatic heterocycles. The number of piperidine rings is 2. The standard InChI is InChI=1S/C49H51N5O6/c55-36-11-13-38-32(20-36)8-12-37(30-4-2-1-3-5-30)45(38)31-6-9-34(10-7-31)52-18-16-49(17-19-52)24-29(25-49)26-50-33-21-35-28-60-43-23-40-39(22-42(43)53(35)27-33)47(58)54(48(40)59)41-14-15-44(56)51-46(41)57/h1-7,9-11,13,20,22-23,29,33,35,37,41,45,50,55H,8,12,14-19,21,24-28H2,(H,51,56,57)/t33-,35-,37+,41?,45-/m0/s1. The highest BCUT2D eigenvalue weighted by atomic mass is 16.5. The summed E-state index contributed by atoms with van der Waals surface area (Å²) >= 11 is 0. The monoisotopic (exact) mass is 805 g/mol. The number of fused-ring (bicyclic) bond motifs is 5. The van der Waals surface area contributed by atoms with Crippen molar-refractivity contribution in [3.63, 3.8) is 0 Å².